The predicted octanol–water partition coefficient (Wildman–Crippen LogP) is 1.85. The maximum atomic E-state index is 13.3. The van der Waals surface area contributed by atoms with Crippen LogP contribution in [0, 0.1) is 11.6 Å². The van der Waals surface area contributed by atoms with Gasteiger partial charge in [-0.05, 0) is 28.4 Å². The molecule has 0 aliphatic carbocycles. The molecular weight excluding hydrogens is 320 g/mol. The number of benzene rings is 1. The molecule has 2 N–H and O–H groups in total. The summed E-state index contributed by atoms with van der Waals surface area (Å²) in [4.78, 5) is 0. The van der Waals surface area contributed by atoms with E-state index in [0.717, 1.165) is 6.07 Å². The number of rotatable bonds is 5. The molecule has 0 amide bonds. The molecule has 1 rings (SSSR count). The minimum atomic E-state index is -3.76. The highest BCUT2D eigenvalue weighted by molar-refractivity contribution is 9.10. The lowest BCUT2D eigenvalue weighted by Gasteiger charge is -2.10. The van der Waals surface area contributed by atoms with Gasteiger partial charge in [0.1, 0.15) is 5.82 Å². The highest BCUT2D eigenvalue weighted by atomic mass is 79.9. The van der Waals surface area contributed by atoms with E-state index in [1.165, 1.54) is 0 Å². The van der Waals surface area contributed by atoms with E-state index in [1.807, 2.05) is 4.72 Å². The summed E-state index contributed by atoms with van der Waals surface area (Å²) in [6.45, 7) is -0.284. The van der Waals surface area contributed by atoms with Crippen molar-refractivity contribution < 1.29 is 22.3 Å². The fourth-order valence-corrected chi connectivity index (χ4v) is 2.87. The number of aliphatic hydroxyl groups excluding tert-OH is 1. The van der Waals surface area contributed by atoms with Crippen LogP contribution in [-0.2, 0) is 10.0 Å². The van der Waals surface area contributed by atoms with Crippen LogP contribution in [0.5, 0.6) is 0 Å². The molecule has 0 saturated heterocycles. The van der Waals surface area contributed by atoms with Crippen LogP contribution >= 0.6 is 15.9 Å². The average Bonchev–Trinajstić information content (AvgIpc) is 2.21. The van der Waals surface area contributed by atoms with E-state index in [9.17, 15) is 17.2 Å². The predicted molar refractivity (Wildman–Crippen MR) is 63.2 cm³/mol. The third-order valence-electron chi connectivity index (χ3n) is 1.84. The first-order valence-electron chi connectivity index (χ1n) is 4.61. The Morgan fingerprint density at radius 1 is 1.35 bits per heavy atom. The molecule has 0 fully saturated rings. The molecule has 0 aliphatic heterocycles. The van der Waals surface area contributed by atoms with Crippen molar-refractivity contribution in [2.24, 2.45) is 0 Å². The minimum Gasteiger partial charge on any atom is -0.396 e. The van der Waals surface area contributed by atoms with E-state index in [0.29, 0.717) is 6.07 Å². The molecule has 0 heterocycles. The maximum absolute atomic E-state index is 13.3. The summed E-state index contributed by atoms with van der Waals surface area (Å²) in [5.41, 5.74) is -0.343. The maximum Gasteiger partial charge on any atom is 0.232 e. The van der Waals surface area contributed by atoms with Crippen LogP contribution in [0.25, 0.3) is 0 Å². The zero-order chi connectivity index (χ0) is 13.1. The second kappa shape index (κ2) is 5.74. The van der Waals surface area contributed by atoms with Crippen LogP contribution in [0.3, 0.4) is 0 Å². The third kappa shape index (κ3) is 4.21. The van der Waals surface area contributed by atoms with Crippen LogP contribution in [0.4, 0.5) is 14.5 Å². The Hall–Kier alpha value is -0.730. The lowest BCUT2D eigenvalue weighted by atomic mass is 10.3. The van der Waals surface area contributed by atoms with Crippen LogP contribution in [0.15, 0.2) is 16.6 Å². The molecule has 1 aromatic carbocycles. The number of sulfonamides is 1. The Labute approximate surface area is 106 Å². The van der Waals surface area contributed by atoms with Gasteiger partial charge in [-0.3, -0.25) is 4.72 Å². The Morgan fingerprint density at radius 2 is 2.00 bits per heavy atom. The molecule has 8 heteroatoms. The smallest absolute Gasteiger partial charge is 0.232 e. The van der Waals surface area contributed by atoms with Gasteiger partial charge < -0.3 is 5.11 Å². The Morgan fingerprint density at radius 3 is 2.53 bits per heavy atom. The monoisotopic (exact) mass is 329 g/mol. The van der Waals surface area contributed by atoms with Crippen LogP contribution in [0.2, 0.25) is 0 Å². The first kappa shape index (κ1) is 14.3. The summed E-state index contributed by atoms with van der Waals surface area (Å²) < 4.78 is 50.9. The number of nitrogens with one attached hydrogen (secondary N) is 1. The van der Waals surface area contributed by atoms with Gasteiger partial charge in [0.15, 0.2) is 5.82 Å². The summed E-state index contributed by atoms with van der Waals surface area (Å²) in [5, 5.41) is 8.52. The summed E-state index contributed by atoms with van der Waals surface area (Å²) in [7, 11) is -3.76. The first-order chi connectivity index (χ1) is 7.85. The van der Waals surface area contributed by atoms with Crippen LogP contribution in [-0.4, -0.2) is 25.9 Å². The standard InChI is InChI=1S/C9H10BrF2NO3S/c10-7-4-6(11)5-8(12)9(7)13-17(15,16)3-1-2-14/h4-5,13-14H,1-3H2. The Kier molecular flexibility index (Phi) is 4.84. The molecule has 0 radical (unpaired) electrons. The van der Waals surface area contributed by atoms with Crippen molar-refractivity contribution in [2.75, 3.05) is 17.1 Å². The van der Waals surface area contributed by atoms with Gasteiger partial charge in [-0.2, -0.15) is 0 Å². The van der Waals surface area contributed by atoms with Gasteiger partial charge in [-0.15, -0.1) is 0 Å². The number of aliphatic hydroxyl groups is 1. The summed E-state index contributed by atoms with van der Waals surface area (Å²) in [6, 6.07) is 1.53. The number of hydrogen-bond donors (Lipinski definition) is 2. The van der Waals surface area contributed by atoms with E-state index in [2.05, 4.69) is 15.9 Å². The topological polar surface area (TPSA) is 66.4 Å². The van der Waals surface area contributed by atoms with Gasteiger partial charge in [0.2, 0.25) is 10.0 Å². The molecular formula is C9H10BrF2NO3S. The van der Waals surface area contributed by atoms with E-state index in [4.69, 9.17) is 5.11 Å². The zero-order valence-electron chi connectivity index (χ0n) is 8.58. The lowest BCUT2D eigenvalue weighted by Crippen LogP contribution is -2.18. The van der Waals surface area contributed by atoms with Crippen molar-refractivity contribution in [1.82, 2.24) is 0 Å². The van der Waals surface area contributed by atoms with Crippen molar-refractivity contribution in [3.05, 3.63) is 28.2 Å². The molecule has 4 nitrogen and oxygen atoms in total. The number of hydrogen-bond acceptors (Lipinski definition) is 3. The van der Waals surface area contributed by atoms with Crippen molar-refractivity contribution in [1.29, 1.82) is 0 Å². The molecule has 0 aliphatic rings. The quantitative estimate of drug-likeness (QED) is 0.866. The normalized spacial score (nSPS) is 11.5. The average molecular weight is 330 g/mol. The molecule has 96 valence electrons. The summed E-state index contributed by atoms with van der Waals surface area (Å²) in [5.74, 6) is -2.16. The molecule has 0 aromatic heterocycles. The second-order valence-electron chi connectivity index (χ2n) is 3.24. The van der Waals surface area contributed by atoms with Gasteiger partial charge in [0.05, 0.1) is 11.4 Å². The van der Waals surface area contributed by atoms with E-state index < -0.39 is 21.7 Å². The minimum absolute atomic E-state index is 0.0254. The molecule has 0 bridgehead atoms. The van der Waals surface area contributed by atoms with E-state index in [1.54, 1.807) is 0 Å². The lowest BCUT2D eigenvalue weighted by molar-refractivity contribution is 0.295. The van der Waals surface area contributed by atoms with Crippen molar-refractivity contribution >= 4 is 31.6 Å². The van der Waals surface area contributed by atoms with E-state index in [-0.39, 0.29) is 28.9 Å². The molecule has 0 unspecified atom stereocenters. The van der Waals surface area contributed by atoms with Crippen LogP contribution < -0.4 is 4.72 Å². The highest BCUT2D eigenvalue weighted by Gasteiger charge is 2.16. The third-order valence-corrected chi connectivity index (χ3v) is 3.80. The molecule has 0 atom stereocenters. The largest absolute Gasteiger partial charge is 0.396 e. The van der Waals surface area contributed by atoms with Crippen LogP contribution in [0.1, 0.15) is 6.42 Å². The summed E-state index contributed by atoms with van der Waals surface area (Å²) in [6.07, 6.45) is 0.0375. The van der Waals surface area contributed by atoms with Gasteiger partial charge in [-0.25, -0.2) is 17.2 Å². The van der Waals surface area contributed by atoms with Gasteiger partial charge >= 0.3 is 0 Å². The SMILES string of the molecule is O=S(=O)(CCCO)Nc1c(F)cc(F)cc1Br. The fourth-order valence-electron chi connectivity index (χ4n) is 1.10. The molecule has 1 aromatic rings. The van der Waals surface area contributed by atoms with Crippen molar-refractivity contribution in [3.63, 3.8) is 0 Å². The van der Waals surface area contributed by atoms with Gasteiger partial charge in [0, 0.05) is 17.1 Å². The number of halogens is 3. The molecule has 0 saturated carbocycles. The van der Waals surface area contributed by atoms with Crippen molar-refractivity contribution in [2.45, 2.75) is 6.42 Å². The molecule has 17 heavy (non-hydrogen) atoms. The van der Waals surface area contributed by atoms with Crippen molar-refractivity contribution in [3.8, 4) is 0 Å². The van der Waals surface area contributed by atoms with Gasteiger partial charge in [0.25, 0.3) is 0 Å². The highest BCUT2D eigenvalue weighted by Crippen LogP contribution is 2.27. The zero-order valence-corrected chi connectivity index (χ0v) is 11.0. The second-order valence-corrected chi connectivity index (χ2v) is 5.94. The summed E-state index contributed by atoms with van der Waals surface area (Å²) >= 11 is 2.86. The Bertz CT molecular complexity index is 484. The molecule has 0 spiro atoms. The number of anilines is 1. The van der Waals surface area contributed by atoms with E-state index >= 15 is 0 Å². The Balaban J connectivity index is 2.96. The first-order valence-corrected chi connectivity index (χ1v) is 7.06. The fraction of sp³-hybridized carbons (Fsp3) is 0.333. The van der Waals surface area contributed by atoms with Gasteiger partial charge in [-0.1, -0.05) is 0 Å².